The molecule has 1 aromatic heterocycles. The minimum atomic E-state index is -0.924. The number of anilines is 1. The average molecular weight is 358 g/mol. The third-order valence-corrected chi connectivity index (χ3v) is 4.52. The molecule has 0 fully saturated rings. The summed E-state index contributed by atoms with van der Waals surface area (Å²) in [5, 5.41) is 4.85. The fourth-order valence-electron chi connectivity index (χ4n) is 2.36. The van der Waals surface area contributed by atoms with E-state index in [9.17, 15) is 13.6 Å². The molecule has 6 heteroatoms. The van der Waals surface area contributed by atoms with Gasteiger partial charge in [-0.15, -0.1) is 11.3 Å². The van der Waals surface area contributed by atoms with Crippen LogP contribution >= 0.6 is 11.3 Å². The minimum absolute atomic E-state index is 0.171. The number of amides is 1. The number of hydrogen-bond donors (Lipinski definition) is 1. The third kappa shape index (κ3) is 4.28. The van der Waals surface area contributed by atoms with Gasteiger partial charge in [-0.1, -0.05) is 31.2 Å². The highest BCUT2D eigenvalue weighted by molar-refractivity contribution is 7.14. The molecule has 3 rings (SSSR count). The van der Waals surface area contributed by atoms with Crippen molar-refractivity contribution < 1.29 is 13.6 Å². The van der Waals surface area contributed by atoms with Crippen LogP contribution in [0.15, 0.2) is 47.8 Å². The first-order valence-electron chi connectivity index (χ1n) is 7.83. The van der Waals surface area contributed by atoms with Crippen molar-refractivity contribution in [3.63, 3.8) is 0 Å². The van der Waals surface area contributed by atoms with Crippen molar-refractivity contribution in [3.8, 4) is 11.3 Å². The van der Waals surface area contributed by atoms with E-state index in [1.165, 1.54) is 23.0 Å². The number of hydrogen-bond acceptors (Lipinski definition) is 3. The second-order valence-corrected chi connectivity index (χ2v) is 6.42. The Bertz CT molecular complexity index is 891. The summed E-state index contributed by atoms with van der Waals surface area (Å²) in [6.07, 6.45) is 1.21. The van der Waals surface area contributed by atoms with Crippen LogP contribution in [0.5, 0.6) is 0 Å². The number of carbonyl (C=O) groups excluding carboxylic acids is 1. The molecule has 25 heavy (non-hydrogen) atoms. The Kier molecular flexibility index (Phi) is 5.19. The molecule has 1 amide bonds. The van der Waals surface area contributed by atoms with Crippen LogP contribution in [0.4, 0.5) is 13.9 Å². The first-order chi connectivity index (χ1) is 12.0. The number of aryl methyl sites for hydroxylation is 1. The fourth-order valence-corrected chi connectivity index (χ4v) is 3.10. The summed E-state index contributed by atoms with van der Waals surface area (Å²) in [7, 11) is 0. The molecule has 0 spiro atoms. The van der Waals surface area contributed by atoms with Gasteiger partial charge in [0, 0.05) is 10.9 Å². The van der Waals surface area contributed by atoms with Gasteiger partial charge in [0.15, 0.2) is 16.8 Å². The summed E-state index contributed by atoms with van der Waals surface area (Å²) in [4.78, 5) is 16.4. The summed E-state index contributed by atoms with van der Waals surface area (Å²) >= 11 is 1.24. The van der Waals surface area contributed by atoms with Crippen molar-refractivity contribution in [3.05, 3.63) is 70.6 Å². The molecule has 0 bridgehead atoms. The Morgan fingerprint density at radius 2 is 1.80 bits per heavy atom. The van der Waals surface area contributed by atoms with Gasteiger partial charge in [0.05, 0.1) is 12.1 Å². The third-order valence-electron chi connectivity index (χ3n) is 3.76. The highest BCUT2D eigenvalue weighted by atomic mass is 32.1. The Hall–Kier alpha value is -2.60. The van der Waals surface area contributed by atoms with E-state index in [1.54, 1.807) is 5.38 Å². The first kappa shape index (κ1) is 17.2. The molecule has 0 aliphatic carbocycles. The lowest BCUT2D eigenvalue weighted by molar-refractivity contribution is -0.115. The Morgan fingerprint density at radius 1 is 1.08 bits per heavy atom. The summed E-state index contributed by atoms with van der Waals surface area (Å²) < 4.78 is 26.3. The Labute approximate surface area is 148 Å². The molecule has 0 saturated carbocycles. The SMILES string of the molecule is CCc1ccc(CC(=O)Nc2nc(-c3ccc(F)c(F)c3)cs2)cc1. The zero-order chi connectivity index (χ0) is 17.8. The highest BCUT2D eigenvalue weighted by Crippen LogP contribution is 2.26. The number of benzene rings is 2. The van der Waals surface area contributed by atoms with E-state index >= 15 is 0 Å². The monoisotopic (exact) mass is 358 g/mol. The van der Waals surface area contributed by atoms with E-state index in [-0.39, 0.29) is 12.3 Å². The molecular formula is C19H16F2N2OS. The smallest absolute Gasteiger partial charge is 0.230 e. The Balaban J connectivity index is 1.65. The zero-order valence-electron chi connectivity index (χ0n) is 13.6. The normalized spacial score (nSPS) is 10.7. The molecule has 1 heterocycles. The summed E-state index contributed by atoms with van der Waals surface area (Å²) in [5.41, 5.74) is 3.10. The van der Waals surface area contributed by atoms with Gasteiger partial charge in [0.2, 0.25) is 5.91 Å². The molecule has 3 nitrogen and oxygen atoms in total. The molecule has 0 aliphatic rings. The lowest BCUT2D eigenvalue weighted by Gasteiger charge is -2.03. The molecule has 0 atom stereocenters. The van der Waals surface area contributed by atoms with Crippen molar-refractivity contribution in [2.45, 2.75) is 19.8 Å². The van der Waals surface area contributed by atoms with Crippen LogP contribution in [0, 0.1) is 11.6 Å². The van der Waals surface area contributed by atoms with Gasteiger partial charge in [-0.3, -0.25) is 4.79 Å². The van der Waals surface area contributed by atoms with E-state index < -0.39 is 11.6 Å². The summed E-state index contributed by atoms with van der Waals surface area (Å²) in [6.45, 7) is 2.08. The average Bonchev–Trinajstić information content (AvgIpc) is 3.06. The lowest BCUT2D eigenvalue weighted by atomic mass is 10.1. The first-order valence-corrected chi connectivity index (χ1v) is 8.71. The number of thiazole rings is 1. The van der Waals surface area contributed by atoms with Gasteiger partial charge in [-0.2, -0.15) is 0 Å². The molecule has 2 aromatic carbocycles. The number of rotatable bonds is 5. The van der Waals surface area contributed by atoms with Crippen molar-refractivity contribution in [1.82, 2.24) is 4.98 Å². The highest BCUT2D eigenvalue weighted by Gasteiger charge is 2.11. The predicted molar refractivity (Wildman–Crippen MR) is 95.6 cm³/mol. The fraction of sp³-hybridized carbons (Fsp3) is 0.158. The maximum absolute atomic E-state index is 13.3. The van der Waals surface area contributed by atoms with Gasteiger partial charge >= 0.3 is 0 Å². The zero-order valence-corrected chi connectivity index (χ0v) is 14.4. The molecule has 0 aliphatic heterocycles. The number of nitrogens with zero attached hydrogens (tertiary/aromatic N) is 1. The number of nitrogens with one attached hydrogen (secondary N) is 1. The van der Waals surface area contributed by atoms with Gasteiger partial charge in [0.1, 0.15) is 0 Å². The number of carbonyl (C=O) groups is 1. The molecule has 0 radical (unpaired) electrons. The molecule has 3 aromatic rings. The molecular weight excluding hydrogens is 342 g/mol. The van der Waals surface area contributed by atoms with E-state index in [2.05, 4.69) is 17.2 Å². The van der Waals surface area contributed by atoms with Gasteiger partial charge in [-0.05, 0) is 35.7 Å². The maximum atomic E-state index is 13.3. The van der Waals surface area contributed by atoms with E-state index in [4.69, 9.17) is 0 Å². The number of halogens is 2. The second kappa shape index (κ2) is 7.53. The van der Waals surface area contributed by atoms with Crippen LogP contribution in [0.3, 0.4) is 0 Å². The maximum Gasteiger partial charge on any atom is 0.230 e. The van der Waals surface area contributed by atoms with Crippen LogP contribution < -0.4 is 5.32 Å². The van der Waals surface area contributed by atoms with Gasteiger partial charge < -0.3 is 5.32 Å². The summed E-state index contributed by atoms with van der Waals surface area (Å²) in [5.74, 6) is -2.00. The summed E-state index contributed by atoms with van der Waals surface area (Å²) in [6, 6.07) is 11.5. The second-order valence-electron chi connectivity index (χ2n) is 5.56. The lowest BCUT2D eigenvalue weighted by Crippen LogP contribution is -2.14. The van der Waals surface area contributed by atoms with Crippen LogP contribution in [0.2, 0.25) is 0 Å². The van der Waals surface area contributed by atoms with E-state index in [0.717, 1.165) is 24.1 Å². The van der Waals surface area contributed by atoms with Crippen LogP contribution in [0.25, 0.3) is 11.3 Å². The van der Waals surface area contributed by atoms with Crippen molar-refractivity contribution >= 4 is 22.4 Å². The van der Waals surface area contributed by atoms with Crippen LogP contribution in [-0.4, -0.2) is 10.9 Å². The standard InChI is InChI=1S/C19H16F2N2OS/c1-2-12-3-5-13(6-4-12)9-18(24)23-19-22-17(11-25-19)14-7-8-15(20)16(21)10-14/h3-8,10-11H,2,9H2,1H3,(H,22,23,24). The Morgan fingerprint density at radius 3 is 2.48 bits per heavy atom. The molecule has 1 N–H and O–H groups in total. The number of aromatic nitrogens is 1. The molecule has 0 unspecified atom stereocenters. The van der Waals surface area contributed by atoms with Gasteiger partial charge in [-0.25, -0.2) is 13.8 Å². The molecule has 0 saturated heterocycles. The van der Waals surface area contributed by atoms with E-state index in [0.29, 0.717) is 16.4 Å². The van der Waals surface area contributed by atoms with Crippen LogP contribution in [0.1, 0.15) is 18.1 Å². The predicted octanol–water partition coefficient (Wildman–Crippen LogP) is 4.83. The van der Waals surface area contributed by atoms with Crippen molar-refractivity contribution in [2.24, 2.45) is 0 Å². The van der Waals surface area contributed by atoms with Gasteiger partial charge in [0.25, 0.3) is 0 Å². The minimum Gasteiger partial charge on any atom is -0.302 e. The topological polar surface area (TPSA) is 42.0 Å². The van der Waals surface area contributed by atoms with Crippen molar-refractivity contribution in [2.75, 3.05) is 5.32 Å². The quantitative estimate of drug-likeness (QED) is 0.710. The van der Waals surface area contributed by atoms with Crippen molar-refractivity contribution in [1.29, 1.82) is 0 Å². The largest absolute Gasteiger partial charge is 0.302 e. The van der Waals surface area contributed by atoms with E-state index in [1.807, 2.05) is 24.3 Å². The molecule has 128 valence electrons. The van der Waals surface area contributed by atoms with Crippen LogP contribution in [-0.2, 0) is 17.6 Å².